The van der Waals surface area contributed by atoms with E-state index in [1.165, 1.54) is 0 Å². The van der Waals surface area contributed by atoms with Crippen LogP contribution in [0.15, 0.2) is 24.3 Å². The van der Waals surface area contributed by atoms with E-state index in [1.807, 2.05) is 6.07 Å². The van der Waals surface area contributed by atoms with Gasteiger partial charge in [-0.2, -0.15) is 0 Å². The Hall–Kier alpha value is -0.600. The maximum absolute atomic E-state index is 12.8. The number of halogens is 2. The van der Waals surface area contributed by atoms with Gasteiger partial charge in [0.05, 0.1) is 0 Å². The molecule has 0 spiro atoms. The molecular weight excluding hydrogens is 177 g/mol. The summed E-state index contributed by atoms with van der Waals surface area (Å²) in [7, 11) is 0. The smallest absolute Gasteiger partial charge is 0.116 e. The zero-order valence-corrected chi connectivity index (χ0v) is 7.39. The van der Waals surface area contributed by atoms with Gasteiger partial charge in [0, 0.05) is 18.0 Å². The Bertz CT molecular complexity index is 252. The van der Waals surface area contributed by atoms with Crippen LogP contribution in [0.25, 0.3) is 0 Å². The number of hydrogen-bond acceptors (Lipinski definition) is 1. The molecule has 1 aromatic carbocycles. The average molecular weight is 188 g/mol. The predicted octanol–water partition coefficient (Wildman–Crippen LogP) is 2.18. The highest BCUT2D eigenvalue weighted by molar-refractivity contribution is 6.30. The number of hydrogen-bond donors (Lipinski definition) is 1. The zero-order valence-electron chi connectivity index (χ0n) is 6.63. The lowest BCUT2D eigenvalue weighted by molar-refractivity contribution is 0.340. The molecule has 0 heterocycles. The van der Waals surface area contributed by atoms with E-state index in [0.717, 1.165) is 5.56 Å². The lowest BCUT2D eigenvalue weighted by Gasteiger charge is -2.04. The Morgan fingerprint density at radius 2 is 2.25 bits per heavy atom. The van der Waals surface area contributed by atoms with Gasteiger partial charge in [0.1, 0.15) is 6.17 Å². The van der Waals surface area contributed by atoms with Gasteiger partial charge in [-0.05, 0) is 17.7 Å². The molecular formula is C9H11ClFN. The minimum absolute atomic E-state index is 0.0620. The number of nitrogens with two attached hydrogens (primary N) is 1. The molecule has 0 aliphatic carbocycles. The third-order valence-electron chi connectivity index (χ3n) is 1.60. The van der Waals surface area contributed by atoms with Crippen molar-refractivity contribution in [3.8, 4) is 0 Å². The van der Waals surface area contributed by atoms with Crippen LogP contribution in [0.2, 0.25) is 5.02 Å². The molecule has 1 rings (SSSR count). The minimum atomic E-state index is -0.969. The Balaban J connectivity index is 2.63. The summed E-state index contributed by atoms with van der Waals surface area (Å²) in [6, 6.07) is 7.17. The average Bonchev–Trinajstić information content (AvgIpc) is 2.04. The van der Waals surface area contributed by atoms with E-state index in [1.54, 1.807) is 18.2 Å². The zero-order chi connectivity index (χ0) is 8.97. The number of benzene rings is 1. The van der Waals surface area contributed by atoms with Crippen molar-refractivity contribution in [2.24, 2.45) is 5.73 Å². The first-order valence-corrected chi connectivity index (χ1v) is 4.18. The van der Waals surface area contributed by atoms with Crippen molar-refractivity contribution in [2.45, 2.75) is 12.6 Å². The molecule has 0 aliphatic rings. The van der Waals surface area contributed by atoms with Gasteiger partial charge < -0.3 is 5.73 Å². The first-order chi connectivity index (χ1) is 5.72. The molecule has 0 bridgehead atoms. The maximum atomic E-state index is 12.8. The maximum Gasteiger partial charge on any atom is 0.116 e. The molecule has 3 heteroatoms. The van der Waals surface area contributed by atoms with Crippen LogP contribution < -0.4 is 5.73 Å². The van der Waals surface area contributed by atoms with Crippen LogP contribution in [-0.2, 0) is 6.42 Å². The summed E-state index contributed by atoms with van der Waals surface area (Å²) in [6.07, 6.45) is -0.625. The van der Waals surface area contributed by atoms with Crippen molar-refractivity contribution in [2.75, 3.05) is 6.54 Å². The summed E-state index contributed by atoms with van der Waals surface area (Å²) in [5.41, 5.74) is 6.04. The minimum Gasteiger partial charge on any atom is -0.328 e. The van der Waals surface area contributed by atoms with Crippen molar-refractivity contribution >= 4 is 11.6 Å². The van der Waals surface area contributed by atoms with Gasteiger partial charge in [0.25, 0.3) is 0 Å². The Labute approximate surface area is 76.3 Å². The second kappa shape index (κ2) is 4.43. The van der Waals surface area contributed by atoms with Crippen LogP contribution in [0.3, 0.4) is 0 Å². The quantitative estimate of drug-likeness (QED) is 0.772. The summed E-state index contributed by atoms with van der Waals surface area (Å²) in [6.45, 7) is 0.0620. The van der Waals surface area contributed by atoms with E-state index in [9.17, 15) is 4.39 Å². The Morgan fingerprint density at radius 1 is 1.50 bits per heavy atom. The number of alkyl halides is 1. The van der Waals surface area contributed by atoms with E-state index < -0.39 is 6.17 Å². The van der Waals surface area contributed by atoms with E-state index in [-0.39, 0.29) is 6.54 Å². The SMILES string of the molecule is NC[C@@H](F)Cc1cccc(Cl)c1. The normalized spacial score (nSPS) is 12.9. The number of rotatable bonds is 3. The van der Waals surface area contributed by atoms with Gasteiger partial charge in [0.15, 0.2) is 0 Å². The third kappa shape index (κ3) is 2.80. The lowest BCUT2D eigenvalue weighted by Crippen LogP contribution is -2.17. The molecule has 1 nitrogen and oxygen atoms in total. The van der Waals surface area contributed by atoms with Gasteiger partial charge in [-0.3, -0.25) is 0 Å². The fourth-order valence-corrected chi connectivity index (χ4v) is 1.22. The van der Waals surface area contributed by atoms with Gasteiger partial charge >= 0.3 is 0 Å². The highest BCUT2D eigenvalue weighted by Crippen LogP contribution is 2.12. The molecule has 0 saturated carbocycles. The summed E-state index contributed by atoms with van der Waals surface area (Å²) >= 11 is 5.72. The predicted molar refractivity (Wildman–Crippen MR) is 49.1 cm³/mol. The van der Waals surface area contributed by atoms with Gasteiger partial charge in [-0.25, -0.2) is 4.39 Å². The summed E-state index contributed by atoms with van der Waals surface area (Å²) in [5.74, 6) is 0. The summed E-state index contributed by atoms with van der Waals surface area (Å²) < 4.78 is 12.8. The van der Waals surface area contributed by atoms with Gasteiger partial charge in [-0.15, -0.1) is 0 Å². The second-order valence-corrected chi connectivity index (χ2v) is 3.10. The van der Waals surface area contributed by atoms with Gasteiger partial charge in [0.2, 0.25) is 0 Å². The monoisotopic (exact) mass is 187 g/mol. The molecule has 0 amide bonds. The second-order valence-electron chi connectivity index (χ2n) is 2.67. The highest BCUT2D eigenvalue weighted by Gasteiger charge is 2.04. The molecule has 0 aliphatic heterocycles. The third-order valence-corrected chi connectivity index (χ3v) is 1.84. The van der Waals surface area contributed by atoms with Gasteiger partial charge in [-0.1, -0.05) is 23.7 Å². The van der Waals surface area contributed by atoms with Crippen molar-refractivity contribution in [1.82, 2.24) is 0 Å². The van der Waals surface area contributed by atoms with Crippen LogP contribution in [0.1, 0.15) is 5.56 Å². The Kier molecular flexibility index (Phi) is 3.50. The highest BCUT2D eigenvalue weighted by atomic mass is 35.5. The standard InChI is InChI=1S/C9H11ClFN/c10-8-3-1-2-7(4-8)5-9(11)6-12/h1-4,9H,5-6,12H2/t9-/m0/s1. The van der Waals surface area contributed by atoms with Crippen molar-refractivity contribution in [1.29, 1.82) is 0 Å². The molecule has 66 valence electrons. The van der Waals surface area contributed by atoms with Crippen molar-refractivity contribution < 1.29 is 4.39 Å². The van der Waals surface area contributed by atoms with E-state index in [2.05, 4.69) is 0 Å². The van der Waals surface area contributed by atoms with E-state index in [4.69, 9.17) is 17.3 Å². The van der Waals surface area contributed by atoms with Crippen LogP contribution in [0, 0.1) is 0 Å². The fraction of sp³-hybridized carbons (Fsp3) is 0.333. The van der Waals surface area contributed by atoms with Crippen LogP contribution in [0.5, 0.6) is 0 Å². The van der Waals surface area contributed by atoms with Crippen molar-refractivity contribution in [3.63, 3.8) is 0 Å². The summed E-state index contributed by atoms with van der Waals surface area (Å²) in [4.78, 5) is 0. The topological polar surface area (TPSA) is 26.0 Å². The summed E-state index contributed by atoms with van der Waals surface area (Å²) in [5, 5.41) is 0.636. The molecule has 1 atom stereocenters. The van der Waals surface area contributed by atoms with Crippen LogP contribution in [0.4, 0.5) is 4.39 Å². The Morgan fingerprint density at radius 3 is 2.83 bits per heavy atom. The fourth-order valence-electron chi connectivity index (χ4n) is 1.00. The largest absolute Gasteiger partial charge is 0.328 e. The first kappa shape index (κ1) is 9.49. The molecule has 0 aromatic heterocycles. The van der Waals surface area contributed by atoms with E-state index in [0.29, 0.717) is 11.4 Å². The van der Waals surface area contributed by atoms with Crippen LogP contribution in [-0.4, -0.2) is 12.7 Å². The van der Waals surface area contributed by atoms with E-state index >= 15 is 0 Å². The molecule has 0 saturated heterocycles. The molecule has 0 fully saturated rings. The first-order valence-electron chi connectivity index (χ1n) is 3.81. The molecule has 0 radical (unpaired) electrons. The van der Waals surface area contributed by atoms with Crippen molar-refractivity contribution in [3.05, 3.63) is 34.9 Å². The molecule has 0 unspecified atom stereocenters. The molecule has 1 aromatic rings. The molecule has 12 heavy (non-hydrogen) atoms. The lowest BCUT2D eigenvalue weighted by atomic mass is 10.1. The van der Waals surface area contributed by atoms with Crippen LogP contribution >= 0.6 is 11.6 Å². The molecule has 2 N–H and O–H groups in total.